The number of alkyl halides is 2. The Bertz CT molecular complexity index is 525. The van der Waals surface area contributed by atoms with Gasteiger partial charge in [0.2, 0.25) is 0 Å². The zero-order valence-corrected chi connectivity index (χ0v) is 9.49. The highest BCUT2D eigenvalue weighted by molar-refractivity contribution is 7.90. The van der Waals surface area contributed by atoms with E-state index in [9.17, 15) is 22.0 Å². The van der Waals surface area contributed by atoms with E-state index in [2.05, 4.69) is 10.3 Å². The van der Waals surface area contributed by atoms with Crippen LogP contribution in [0, 0.1) is 0 Å². The van der Waals surface area contributed by atoms with Crippen LogP contribution in [-0.2, 0) is 16.4 Å². The van der Waals surface area contributed by atoms with Gasteiger partial charge < -0.3 is 5.11 Å². The molecule has 7 nitrogen and oxygen atoms in total. The van der Waals surface area contributed by atoms with Gasteiger partial charge in [-0.1, -0.05) is 5.21 Å². The van der Waals surface area contributed by atoms with Crippen molar-refractivity contribution in [2.75, 3.05) is 12.0 Å². The fraction of sp³-hybridized carbons (Fsp3) is 0.571. The molecule has 0 aliphatic carbocycles. The summed E-state index contributed by atoms with van der Waals surface area (Å²) < 4.78 is 47.5. The van der Waals surface area contributed by atoms with Crippen molar-refractivity contribution < 1.29 is 27.1 Å². The molecule has 0 aromatic carbocycles. The standard InChI is InChI=1S/C7H9F2N3O4S/c1-17(15,16)3-2-12-5(6(8)9)4(7(13)14)10-11-12/h6H,2-3H2,1H3,(H,13,14). The van der Waals surface area contributed by atoms with Gasteiger partial charge in [0.15, 0.2) is 5.69 Å². The average Bonchev–Trinajstić information content (AvgIpc) is 2.56. The first-order valence-corrected chi connectivity index (χ1v) is 6.41. The second-order valence-electron chi connectivity index (χ2n) is 3.28. The molecule has 1 heterocycles. The minimum atomic E-state index is -3.36. The van der Waals surface area contributed by atoms with Gasteiger partial charge >= 0.3 is 5.97 Å². The van der Waals surface area contributed by atoms with E-state index >= 15 is 0 Å². The second kappa shape index (κ2) is 4.73. The Morgan fingerprint density at radius 1 is 1.53 bits per heavy atom. The van der Waals surface area contributed by atoms with Crippen LogP contribution in [0.2, 0.25) is 0 Å². The maximum absolute atomic E-state index is 12.6. The lowest BCUT2D eigenvalue weighted by Gasteiger charge is -2.04. The van der Waals surface area contributed by atoms with E-state index in [1.54, 1.807) is 0 Å². The molecule has 0 aliphatic heterocycles. The normalized spacial score (nSPS) is 12.0. The third kappa shape index (κ3) is 3.44. The van der Waals surface area contributed by atoms with Crippen LogP contribution in [-0.4, -0.2) is 46.5 Å². The predicted octanol–water partition coefficient (Wildman–Crippen LogP) is -0.0415. The Morgan fingerprint density at radius 3 is 2.53 bits per heavy atom. The molecule has 1 aromatic heterocycles. The molecule has 0 atom stereocenters. The summed E-state index contributed by atoms with van der Waals surface area (Å²) in [6.45, 7) is -0.362. The number of aromatic carboxylic acids is 1. The van der Waals surface area contributed by atoms with Gasteiger partial charge in [0.25, 0.3) is 6.43 Å². The third-order valence-electron chi connectivity index (χ3n) is 1.86. The predicted molar refractivity (Wildman–Crippen MR) is 51.6 cm³/mol. The SMILES string of the molecule is CS(=O)(=O)CCn1nnc(C(=O)O)c1C(F)F. The van der Waals surface area contributed by atoms with Crippen molar-refractivity contribution >= 4 is 15.8 Å². The fourth-order valence-electron chi connectivity index (χ4n) is 1.11. The van der Waals surface area contributed by atoms with Crippen molar-refractivity contribution in [2.24, 2.45) is 0 Å². The second-order valence-corrected chi connectivity index (χ2v) is 5.54. The van der Waals surface area contributed by atoms with E-state index in [0.29, 0.717) is 4.68 Å². The number of carbonyl (C=O) groups is 1. The maximum atomic E-state index is 12.6. The number of aromatic nitrogens is 3. The highest BCUT2D eigenvalue weighted by Crippen LogP contribution is 2.21. The minimum absolute atomic E-state index is 0.362. The lowest BCUT2D eigenvalue weighted by Crippen LogP contribution is -2.15. The molecular formula is C7H9F2N3O4S. The van der Waals surface area contributed by atoms with E-state index in [-0.39, 0.29) is 6.54 Å². The first kappa shape index (κ1) is 13.5. The topological polar surface area (TPSA) is 102 Å². The highest BCUT2D eigenvalue weighted by Gasteiger charge is 2.26. The number of halogens is 2. The molecule has 0 radical (unpaired) electrons. The van der Waals surface area contributed by atoms with E-state index in [0.717, 1.165) is 6.26 Å². The monoisotopic (exact) mass is 269 g/mol. The molecule has 0 unspecified atom stereocenters. The Kier molecular flexibility index (Phi) is 3.76. The number of hydrogen-bond donors (Lipinski definition) is 1. The molecule has 17 heavy (non-hydrogen) atoms. The highest BCUT2D eigenvalue weighted by atomic mass is 32.2. The van der Waals surface area contributed by atoms with Crippen LogP contribution in [0.4, 0.5) is 8.78 Å². The van der Waals surface area contributed by atoms with Gasteiger partial charge in [-0.3, -0.25) is 0 Å². The van der Waals surface area contributed by atoms with Crippen molar-refractivity contribution in [1.29, 1.82) is 0 Å². The van der Waals surface area contributed by atoms with Crippen LogP contribution in [0.5, 0.6) is 0 Å². The van der Waals surface area contributed by atoms with E-state index < -0.39 is 39.4 Å². The van der Waals surface area contributed by atoms with Crippen LogP contribution in [0.3, 0.4) is 0 Å². The summed E-state index contributed by atoms with van der Waals surface area (Å²) in [5.74, 6) is -2.05. The first-order valence-electron chi connectivity index (χ1n) is 4.35. The largest absolute Gasteiger partial charge is 0.476 e. The van der Waals surface area contributed by atoms with E-state index in [1.807, 2.05) is 0 Å². The summed E-state index contributed by atoms with van der Waals surface area (Å²) in [7, 11) is -3.36. The summed E-state index contributed by atoms with van der Waals surface area (Å²) in [6, 6.07) is 0. The molecule has 0 saturated heterocycles. The number of carboxylic acid groups (broad SMARTS) is 1. The van der Waals surface area contributed by atoms with Crippen molar-refractivity contribution in [3.63, 3.8) is 0 Å². The number of aryl methyl sites for hydroxylation is 1. The summed E-state index contributed by atoms with van der Waals surface area (Å²) in [4.78, 5) is 10.6. The zero-order valence-electron chi connectivity index (χ0n) is 8.67. The van der Waals surface area contributed by atoms with Gasteiger partial charge in [0.05, 0.1) is 12.3 Å². The van der Waals surface area contributed by atoms with Gasteiger partial charge in [0, 0.05) is 6.26 Å². The number of rotatable bonds is 5. The zero-order chi connectivity index (χ0) is 13.2. The van der Waals surface area contributed by atoms with Crippen LogP contribution in [0.1, 0.15) is 22.6 Å². The Labute approximate surface area is 95.0 Å². The van der Waals surface area contributed by atoms with Crippen molar-refractivity contribution in [3.8, 4) is 0 Å². The number of carboxylic acids is 1. The maximum Gasteiger partial charge on any atom is 0.358 e. The number of sulfone groups is 1. The third-order valence-corrected chi connectivity index (χ3v) is 2.78. The molecule has 1 rings (SSSR count). The number of nitrogens with zero attached hydrogens (tertiary/aromatic N) is 3. The summed E-state index contributed by atoms with van der Waals surface area (Å²) in [5.41, 5.74) is -1.75. The Morgan fingerprint density at radius 2 is 2.12 bits per heavy atom. The molecule has 0 aliphatic rings. The average molecular weight is 269 g/mol. The molecule has 1 N–H and O–H groups in total. The van der Waals surface area contributed by atoms with Crippen molar-refractivity contribution in [2.45, 2.75) is 13.0 Å². The minimum Gasteiger partial charge on any atom is -0.476 e. The lowest BCUT2D eigenvalue weighted by atomic mass is 10.3. The van der Waals surface area contributed by atoms with Gasteiger partial charge in [-0.2, -0.15) is 0 Å². The molecule has 1 aromatic rings. The van der Waals surface area contributed by atoms with Crippen LogP contribution in [0.25, 0.3) is 0 Å². The molecule has 96 valence electrons. The summed E-state index contributed by atoms with van der Waals surface area (Å²) >= 11 is 0. The molecule has 0 fully saturated rings. The smallest absolute Gasteiger partial charge is 0.358 e. The van der Waals surface area contributed by atoms with Gasteiger partial charge in [-0.25, -0.2) is 26.7 Å². The quantitative estimate of drug-likeness (QED) is 0.804. The van der Waals surface area contributed by atoms with Crippen LogP contribution < -0.4 is 0 Å². The summed E-state index contributed by atoms with van der Waals surface area (Å²) in [5, 5.41) is 14.9. The van der Waals surface area contributed by atoms with E-state index in [1.165, 1.54) is 0 Å². The molecule has 0 amide bonds. The van der Waals surface area contributed by atoms with Crippen molar-refractivity contribution in [1.82, 2.24) is 15.0 Å². The molecule has 0 spiro atoms. The number of hydrogen-bond acceptors (Lipinski definition) is 5. The van der Waals surface area contributed by atoms with Gasteiger partial charge in [-0.15, -0.1) is 5.10 Å². The van der Waals surface area contributed by atoms with Gasteiger partial charge in [0.1, 0.15) is 15.5 Å². The Hall–Kier alpha value is -1.58. The van der Waals surface area contributed by atoms with E-state index in [4.69, 9.17) is 5.11 Å². The fourth-order valence-corrected chi connectivity index (χ4v) is 1.61. The molecule has 0 saturated carbocycles. The molecule has 0 bridgehead atoms. The first-order chi connectivity index (χ1) is 7.72. The Balaban J connectivity index is 3.05. The van der Waals surface area contributed by atoms with Gasteiger partial charge in [-0.05, 0) is 0 Å². The van der Waals surface area contributed by atoms with Crippen molar-refractivity contribution in [3.05, 3.63) is 11.4 Å². The van der Waals surface area contributed by atoms with Crippen LogP contribution >= 0.6 is 0 Å². The van der Waals surface area contributed by atoms with Crippen LogP contribution in [0.15, 0.2) is 0 Å². The summed E-state index contributed by atoms with van der Waals surface area (Å²) in [6.07, 6.45) is -2.15. The molecule has 10 heteroatoms. The molecular weight excluding hydrogens is 260 g/mol. The lowest BCUT2D eigenvalue weighted by molar-refractivity contribution is 0.0675.